The minimum absolute atomic E-state index is 0.456. The highest BCUT2D eigenvalue weighted by molar-refractivity contribution is 5.40. The fourth-order valence-electron chi connectivity index (χ4n) is 3.08. The molecule has 5 nitrogen and oxygen atoms in total. The number of rotatable bonds is 4. The SMILES string of the molecule is Cc1nccc(CN2CCC[C@H]2c2ccnc(N(C)C)c2)n1. The van der Waals surface area contributed by atoms with Gasteiger partial charge in [0.2, 0.25) is 0 Å². The summed E-state index contributed by atoms with van der Waals surface area (Å²) in [6, 6.07) is 6.81. The van der Waals surface area contributed by atoms with Crippen LogP contribution in [0, 0.1) is 6.92 Å². The summed E-state index contributed by atoms with van der Waals surface area (Å²) in [5, 5.41) is 0. The minimum atomic E-state index is 0.456. The Morgan fingerprint density at radius 2 is 2.05 bits per heavy atom. The molecule has 1 atom stereocenters. The zero-order valence-corrected chi connectivity index (χ0v) is 13.5. The third-order valence-corrected chi connectivity index (χ3v) is 4.17. The summed E-state index contributed by atoms with van der Waals surface area (Å²) in [6.07, 6.45) is 6.19. The minimum Gasteiger partial charge on any atom is -0.363 e. The first-order chi connectivity index (χ1) is 10.6. The van der Waals surface area contributed by atoms with Crippen LogP contribution < -0.4 is 4.90 Å². The highest BCUT2D eigenvalue weighted by atomic mass is 15.2. The summed E-state index contributed by atoms with van der Waals surface area (Å²) >= 11 is 0. The van der Waals surface area contributed by atoms with Crippen LogP contribution in [0.3, 0.4) is 0 Å². The highest BCUT2D eigenvalue weighted by Gasteiger charge is 2.26. The summed E-state index contributed by atoms with van der Waals surface area (Å²) in [5.41, 5.74) is 2.45. The van der Waals surface area contributed by atoms with Crippen LogP contribution in [-0.4, -0.2) is 40.5 Å². The Morgan fingerprint density at radius 3 is 2.82 bits per heavy atom. The van der Waals surface area contributed by atoms with Crippen molar-refractivity contribution in [2.24, 2.45) is 0 Å². The molecule has 0 saturated carbocycles. The number of likely N-dealkylation sites (tertiary alicyclic amines) is 1. The number of anilines is 1. The van der Waals surface area contributed by atoms with Gasteiger partial charge in [0.15, 0.2) is 0 Å². The average molecular weight is 297 g/mol. The van der Waals surface area contributed by atoms with Crippen molar-refractivity contribution in [2.75, 3.05) is 25.5 Å². The Hall–Kier alpha value is -2.01. The number of pyridine rings is 1. The van der Waals surface area contributed by atoms with E-state index in [1.165, 1.54) is 18.4 Å². The fraction of sp³-hybridized carbons (Fsp3) is 0.471. The molecule has 1 aliphatic heterocycles. The summed E-state index contributed by atoms with van der Waals surface area (Å²) < 4.78 is 0. The number of hydrogen-bond acceptors (Lipinski definition) is 5. The number of nitrogens with zero attached hydrogens (tertiary/aromatic N) is 5. The lowest BCUT2D eigenvalue weighted by Crippen LogP contribution is -2.24. The summed E-state index contributed by atoms with van der Waals surface area (Å²) in [5.74, 6) is 1.86. The lowest BCUT2D eigenvalue weighted by atomic mass is 10.1. The molecule has 0 radical (unpaired) electrons. The van der Waals surface area contributed by atoms with Crippen LogP contribution in [0.2, 0.25) is 0 Å². The first-order valence-electron chi connectivity index (χ1n) is 7.79. The van der Waals surface area contributed by atoms with Gasteiger partial charge in [-0.1, -0.05) is 0 Å². The molecule has 0 aromatic carbocycles. The Balaban J connectivity index is 1.79. The molecule has 2 aromatic heterocycles. The van der Waals surface area contributed by atoms with Crippen LogP contribution in [0.5, 0.6) is 0 Å². The van der Waals surface area contributed by atoms with Gasteiger partial charge >= 0.3 is 0 Å². The first kappa shape index (κ1) is 14.9. The third-order valence-electron chi connectivity index (χ3n) is 4.17. The van der Waals surface area contributed by atoms with Gasteiger partial charge < -0.3 is 4.90 Å². The van der Waals surface area contributed by atoms with Crippen LogP contribution >= 0.6 is 0 Å². The molecule has 1 aliphatic rings. The number of hydrogen-bond donors (Lipinski definition) is 0. The van der Waals surface area contributed by atoms with Crippen molar-refractivity contribution >= 4 is 5.82 Å². The molecule has 0 amide bonds. The van der Waals surface area contributed by atoms with E-state index in [0.717, 1.165) is 30.4 Å². The third kappa shape index (κ3) is 3.25. The smallest absolute Gasteiger partial charge is 0.128 e. The maximum absolute atomic E-state index is 4.54. The monoisotopic (exact) mass is 297 g/mol. The largest absolute Gasteiger partial charge is 0.363 e. The summed E-state index contributed by atoms with van der Waals surface area (Å²) in [4.78, 5) is 17.7. The van der Waals surface area contributed by atoms with Gasteiger partial charge in [0.1, 0.15) is 11.6 Å². The second kappa shape index (κ2) is 6.40. The first-order valence-corrected chi connectivity index (χ1v) is 7.79. The molecule has 3 heterocycles. The molecule has 5 heteroatoms. The Morgan fingerprint density at radius 1 is 1.23 bits per heavy atom. The highest BCUT2D eigenvalue weighted by Crippen LogP contribution is 2.33. The van der Waals surface area contributed by atoms with Gasteiger partial charge in [-0.05, 0) is 50.1 Å². The molecule has 0 N–H and O–H groups in total. The predicted octanol–water partition coefficient (Wildman–Crippen LogP) is 2.58. The zero-order valence-electron chi connectivity index (χ0n) is 13.5. The van der Waals surface area contributed by atoms with Crippen molar-refractivity contribution in [3.05, 3.63) is 47.7 Å². The van der Waals surface area contributed by atoms with Crippen LogP contribution in [0.4, 0.5) is 5.82 Å². The molecule has 0 unspecified atom stereocenters. The van der Waals surface area contributed by atoms with Crippen LogP contribution in [0.25, 0.3) is 0 Å². The van der Waals surface area contributed by atoms with Gasteiger partial charge in [0.25, 0.3) is 0 Å². The maximum Gasteiger partial charge on any atom is 0.128 e. The lowest BCUT2D eigenvalue weighted by molar-refractivity contribution is 0.245. The topological polar surface area (TPSA) is 45.2 Å². The average Bonchev–Trinajstić information content (AvgIpc) is 2.95. The van der Waals surface area contributed by atoms with E-state index in [1.807, 2.05) is 39.5 Å². The van der Waals surface area contributed by atoms with Crippen molar-refractivity contribution in [1.82, 2.24) is 19.9 Å². The predicted molar refractivity (Wildman–Crippen MR) is 87.7 cm³/mol. The van der Waals surface area contributed by atoms with Crippen molar-refractivity contribution in [2.45, 2.75) is 32.4 Å². The lowest BCUT2D eigenvalue weighted by Gasteiger charge is -2.25. The summed E-state index contributed by atoms with van der Waals surface area (Å²) in [7, 11) is 4.06. The normalized spacial score (nSPS) is 18.6. The van der Waals surface area contributed by atoms with E-state index in [0.29, 0.717) is 6.04 Å². The fourth-order valence-corrected chi connectivity index (χ4v) is 3.08. The van der Waals surface area contributed by atoms with Crippen molar-refractivity contribution in [3.63, 3.8) is 0 Å². The molecular formula is C17H23N5. The molecule has 0 aliphatic carbocycles. The van der Waals surface area contributed by atoms with Gasteiger partial charge in [0, 0.05) is 39.1 Å². The molecule has 3 rings (SSSR count). The maximum atomic E-state index is 4.54. The van der Waals surface area contributed by atoms with Crippen molar-refractivity contribution < 1.29 is 0 Å². The van der Waals surface area contributed by atoms with E-state index in [-0.39, 0.29) is 0 Å². The van der Waals surface area contributed by atoms with E-state index < -0.39 is 0 Å². The van der Waals surface area contributed by atoms with Gasteiger partial charge in [-0.25, -0.2) is 15.0 Å². The van der Waals surface area contributed by atoms with Gasteiger partial charge in [-0.3, -0.25) is 4.90 Å². The van der Waals surface area contributed by atoms with E-state index >= 15 is 0 Å². The quantitative estimate of drug-likeness (QED) is 0.868. The van der Waals surface area contributed by atoms with Crippen LogP contribution in [0.1, 0.15) is 36.0 Å². The van der Waals surface area contributed by atoms with E-state index in [2.05, 4.69) is 36.9 Å². The molecule has 1 fully saturated rings. The van der Waals surface area contributed by atoms with E-state index in [4.69, 9.17) is 0 Å². The second-order valence-electron chi connectivity index (χ2n) is 6.07. The zero-order chi connectivity index (χ0) is 15.5. The van der Waals surface area contributed by atoms with Crippen LogP contribution in [0.15, 0.2) is 30.6 Å². The molecule has 0 bridgehead atoms. The molecule has 22 heavy (non-hydrogen) atoms. The standard InChI is InChI=1S/C17H23N5/c1-13-18-9-7-15(20-13)12-22-10-4-5-16(22)14-6-8-19-17(11-14)21(2)3/h6-9,11,16H,4-5,10,12H2,1-3H3/t16-/m0/s1. The van der Waals surface area contributed by atoms with Crippen molar-refractivity contribution in [3.8, 4) is 0 Å². The summed E-state index contributed by atoms with van der Waals surface area (Å²) in [6.45, 7) is 3.94. The van der Waals surface area contributed by atoms with E-state index in [9.17, 15) is 0 Å². The Bertz CT molecular complexity index is 640. The molecule has 1 saturated heterocycles. The van der Waals surface area contributed by atoms with Crippen LogP contribution in [-0.2, 0) is 6.54 Å². The van der Waals surface area contributed by atoms with Gasteiger partial charge in [-0.2, -0.15) is 0 Å². The van der Waals surface area contributed by atoms with E-state index in [1.54, 1.807) is 0 Å². The molecule has 0 spiro atoms. The Labute approximate surface area is 132 Å². The van der Waals surface area contributed by atoms with Gasteiger partial charge in [0.05, 0.1) is 5.69 Å². The molecule has 116 valence electrons. The van der Waals surface area contributed by atoms with Gasteiger partial charge in [-0.15, -0.1) is 0 Å². The molecular weight excluding hydrogens is 274 g/mol. The molecule has 2 aromatic rings. The Kier molecular flexibility index (Phi) is 4.34. The number of aryl methyl sites for hydroxylation is 1. The van der Waals surface area contributed by atoms with Crippen molar-refractivity contribution in [1.29, 1.82) is 0 Å². The second-order valence-corrected chi connectivity index (χ2v) is 6.07. The number of aromatic nitrogens is 3.